The second-order valence-corrected chi connectivity index (χ2v) is 7.56. The molecule has 2 aromatic carbocycles. The van der Waals surface area contributed by atoms with Crippen LogP contribution < -0.4 is 5.32 Å². The van der Waals surface area contributed by atoms with E-state index in [0.717, 1.165) is 5.56 Å². The Morgan fingerprint density at radius 3 is 2.47 bits per heavy atom. The zero-order valence-corrected chi connectivity index (χ0v) is 17.4. The molecule has 1 aliphatic carbocycles. The summed E-state index contributed by atoms with van der Waals surface area (Å²) in [5, 5.41) is 3.35. The number of amides is 1. The van der Waals surface area contributed by atoms with E-state index in [1.165, 1.54) is 22.3 Å². The van der Waals surface area contributed by atoms with Gasteiger partial charge in [-0.3, -0.25) is 0 Å². The lowest BCUT2D eigenvalue weighted by atomic mass is 9.98. The molecule has 0 saturated carbocycles. The van der Waals surface area contributed by atoms with Crippen LogP contribution in [0.5, 0.6) is 0 Å². The van der Waals surface area contributed by atoms with E-state index in [1.807, 2.05) is 37.3 Å². The normalized spacial score (nSPS) is 11.8. The van der Waals surface area contributed by atoms with Gasteiger partial charge in [-0.1, -0.05) is 66.1 Å². The SMILES string of the molecule is Cc1cc(Cl)cnc1C#CCCNC(=O)OCC1c2ccccc2-c2ccccc21. The molecule has 1 N–H and O–H groups in total. The van der Waals surface area contributed by atoms with E-state index in [9.17, 15) is 4.79 Å². The van der Waals surface area contributed by atoms with Crippen molar-refractivity contribution in [2.24, 2.45) is 0 Å². The molecule has 5 heteroatoms. The molecule has 1 amide bonds. The molecule has 3 aromatic rings. The minimum atomic E-state index is -0.431. The van der Waals surface area contributed by atoms with E-state index >= 15 is 0 Å². The molecule has 1 heterocycles. The summed E-state index contributed by atoms with van der Waals surface area (Å²) in [5.74, 6) is 6.07. The van der Waals surface area contributed by atoms with Crippen LogP contribution in [-0.4, -0.2) is 24.2 Å². The maximum Gasteiger partial charge on any atom is 0.407 e. The third-order valence-corrected chi connectivity index (χ3v) is 5.32. The molecular formula is C25H21ClN2O2. The molecule has 0 spiro atoms. The first-order valence-electron chi connectivity index (χ1n) is 9.83. The number of nitrogens with zero attached hydrogens (tertiary/aromatic N) is 1. The van der Waals surface area contributed by atoms with E-state index in [2.05, 4.69) is 46.4 Å². The number of rotatable bonds is 4. The summed E-state index contributed by atoms with van der Waals surface area (Å²) in [6, 6.07) is 18.4. The number of aromatic nitrogens is 1. The number of benzene rings is 2. The number of carbonyl (C=O) groups excluding carboxylic acids is 1. The number of halogens is 1. The van der Waals surface area contributed by atoms with Crippen molar-refractivity contribution < 1.29 is 9.53 Å². The van der Waals surface area contributed by atoms with Crippen molar-refractivity contribution in [3.8, 4) is 23.0 Å². The summed E-state index contributed by atoms with van der Waals surface area (Å²) in [5.41, 5.74) is 6.44. The third kappa shape index (κ3) is 4.32. The number of hydrogen-bond donors (Lipinski definition) is 1. The van der Waals surface area contributed by atoms with Crippen LogP contribution in [0.2, 0.25) is 5.02 Å². The topological polar surface area (TPSA) is 51.2 Å². The minimum absolute atomic E-state index is 0.0573. The quantitative estimate of drug-likeness (QED) is 0.462. The number of hydrogen-bond acceptors (Lipinski definition) is 3. The van der Waals surface area contributed by atoms with E-state index in [0.29, 0.717) is 30.3 Å². The number of pyridine rings is 1. The van der Waals surface area contributed by atoms with Crippen LogP contribution in [0.25, 0.3) is 11.1 Å². The Morgan fingerprint density at radius 2 is 1.80 bits per heavy atom. The summed E-state index contributed by atoms with van der Waals surface area (Å²) >= 11 is 5.90. The zero-order chi connectivity index (χ0) is 20.9. The first-order chi connectivity index (χ1) is 14.6. The minimum Gasteiger partial charge on any atom is -0.449 e. The van der Waals surface area contributed by atoms with E-state index in [1.54, 1.807) is 6.20 Å². The number of ether oxygens (including phenoxy) is 1. The average molecular weight is 417 g/mol. The second kappa shape index (κ2) is 9.02. The molecule has 0 radical (unpaired) electrons. The van der Waals surface area contributed by atoms with Crippen LogP contribution in [0, 0.1) is 18.8 Å². The molecule has 1 aromatic heterocycles. The maximum absolute atomic E-state index is 12.1. The van der Waals surface area contributed by atoms with Crippen LogP contribution in [0.4, 0.5) is 4.79 Å². The van der Waals surface area contributed by atoms with Crippen LogP contribution in [0.15, 0.2) is 60.8 Å². The fourth-order valence-electron chi connectivity index (χ4n) is 3.69. The highest BCUT2D eigenvalue weighted by Gasteiger charge is 2.28. The smallest absolute Gasteiger partial charge is 0.407 e. The summed E-state index contributed by atoms with van der Waals surface area (Å²) in [4.78, 5) is 16.3. The van der Waals surface area contributed by atoms with E-state index < -0.39 is 6.09 Å². The van der Waals surface area contributed by atoms with E-state index in [-0.39, 0.29) is 5.92 Å². The van der Waals surface area contributed by atoms with Gasteiger partial charge in [0.2, 0.25) is 0 Å². The predicted octanol–water partition coefficient (Wildman–Crippen LogP) is 5.32. The van der Waals surface area contributed by atoms with Gasteiger partial charge in [0.25, 0.3) is 0 Å². The summed E-state index contributed by atoms with van der Waals surface area (Å²) in [6.07, 6.45) is 1.65. The van der Waals surface area contributed by atoms with Gasteiger partial charge in [0.15, 0.2) is 0 Å². The lowest BCUT2D eigenvalue weighted by Gasteiger charge is -2.14. The number of nitrogens with one attached hydrogen (secondary N) is 1. The molecule has 0 aliphatic heterocycles. The van der Waals surface area contributed by atoms with Crippen LogP contribution >= 0.6 is 11.6 Å². The van der Waals surface area contributed by atoms with E-state index in [4.69, 9.17) is 16.3 Å². The second-order valence-electron chi connectivity index (χ2n) is 7.12. The zero-order valence-electron chi connectivity index (χ0n) is 16.6. The monoisotopic (exact) mass is 416 g/mol. The Hall–Kier alpha value is -3.29. The molecule has 30 heavy (non-hydrogen) atoms. The molecule has 150 valence electrons. The predicted molar refractivity (Wildman–Crippen MR) is 119 cm³/mol. The molecular weight excluding hydrogens is 396 g/mol. The summed E-state index contributed by atoms with van der Waals surface area (Å²) < 4.78 is 5.51. The standard InChI is InChI=1S/C25H21ClN2O2/c1-17-14-18(26)15-28-24(17)12-6-7-13-27-25(29)30-16-23-21-10-4-2-8-19(21)20-9-3-5-11-22(20)23/h2-5,8-11,14-15,23H,7,13,16H2,1H3,(H,27,29). The van der Waals surface area contributed by atoms with Gasteiger partial charge in [0.1, 0.15) is 12.3 Å². The van der Waals surface area contributed by atoms with Crippen LogP contribution in [0.1, 0.15) is 34.7 Å². The van der Waals surface area contributed by atoms with Crippen molar-refractivity contribution in [1.29, 1.82) is 0 Å². The van der Waals surface area contributed by atoms with Gasteiger partial charge in [-0.15, -0.1) is 0 Å². The Labute approximate surface area is 181 Å². The van der Waals surface area contributed by atoms with Crippen molar-refractivity contribution in [2.45, 2.75) is 19.3 Å². The molecule has 1 aliphatic rings. The van der Waals surface area contributed by atoms with Gasteiger partial charge >= 0.3 is 6.09 Å². The Kier molecular flexibility index (Phi) is 6.02. The molecule has 4 rings (SSSR count). The highest BCUT2D eigenvalue weighted by Crippen LogP contribution is 2.44. The first kappa shape index (κ1) is 20.0. The molecule has 0 bridgehead atoms. The van der Waals surface area contributed by atoms with Gasteiger partial charge in [-0.25, -0.2) is 9.78 Å². The Bertz CT molecular complexity index is 1100. The van der Waals surface area contributed by atoms with Gasteiger partial charge in [-0.05, 0) is 46.7 Å². The fraction of sp³-hybridized carbons (Fsp3) is 0.200. The lowest BCUT2D eigenvalue weighted by molar-refractivity contribution is 0.143. The van der Waals surface area contributed by atoms with Crippen molar-refractivity contribution in [3.05, 3.63) is 88.2 Å². The van der Waals surface area contributed by atoms with Crippen molar-refractivity contribution in [3.63, 3.8) is 0 Å². The van der Waals surface area contributed by atoms with Crippen molar-refractivity contribution >= 4 is 17.7 Å². The van der Waals surface area contributed by atoms with Crippen molar-refractivity contribution in [2.75, 3.05) is 13.2 Å². The highest BCUT2D eigenvalue weighted by atomic mass is 35.5. The average Bonchev–Trinajstić information content (AvgIpc) is 3.07. The van der Waals surface area contributed by atoms with Crippen molar-refractivity contribution in [1.82, 2.24) is 10.3 Å². The third-order valence-electron chi connectivity index (χ3n) is 5.11. The number of aryl methyl sites for hydroxylation is 1. The first-order valence-corrected chi connectivity index (χ1v) is 10.2. The molecule has 0 fully saturated rings. The van der Waals surface area contributed by atoms with Gasteiger partial charge in [0, 0.05) is 25.1 Å². The molecule has 0 atom stereocenters. The molecule has 4 nitrogen and oxygen atoms in total. The Morgan fingerprint density at radius 1 is 1.13 bits per heavy atom. The summed E-state index contributed by atoms with van der Waals surface area (Å²) in [6.45, 7) is 2.63. The number of fused-ring (bicyclic) bond motifs is 3. The summed E-state index contributed by atoms with van der Waals surface area (Å²) in [7, 11) is 0. The largest absolute Gasteiger partial charge is 0.449 e. The number of carbonyl (C=O) groups is 1. The Balaban J connectivity index is 1.29. The number of alkyl carbamates (subject to hydrolysis) is 1. The molecule has 0 saturated heterocycles. The highest BCUT2D eigenvalue weighted by molar-refractivity contribution is 6.30. The fourth-order valence-corrected chi connectivity index (χ4v) is 3.91. The van der Waals surface area contributed by atoms with Gasteiger partial charge in [0.05, 0.1) is 5.02 Å². The van der Waals surface area contributed by atoms with Crippen LogP contribution in [0.3, 0.4) is 0 Å². The van der Waals surface area contributed by atoms with Crippen LogP contribution in [-0.2, 0) is 4.74 Å². The van der Waals surface area contributed by atoms with Gasteiger partial charge in [-0.2, -0.15) is 0 Å². The van der Waals surface area contributed by atoms with Gasteiger partial charge < -0.3 is 10.1 Å². The lowest BCUT2D eigenvalue weighted by Crippen LogP contribution is -2.26. The molecule has 0 unspecified atom stereocenters. The maximum atomic E-state index is 12.1.